The summed E-state index contributed by atoms with van der Waals surface area (Å²) < 4.78 is 25.9. The van der Waals surface area contributed by atoms with E-state index in [1.165, 1.54) is 0 Å². The number of carbonyl (C=O) groups excluding carboxylic acids is 2. The van der Waals surface area contributed by atoms with Crippen molar-refractivity contribution in [3.63, 3.8) is 0 Å². The van der Waals surface area contributed by atoms with E-state index in [1.54, 1.807) is 12.1 Å². The summed E-state index contributed by atoms with van der Waals surface area (Å²) >= 11 is 0. The van der Waals surface area contributed by atoms with Crippen molar-refractivity contribution in [3.05, 3.63) is 35.4 Å². The Morgan fingerprint density at radius 2 is 1.86 bits per heavy atom. The topological polar surface area (TPSA) is 70.2 Å². The van der Waals surface area contributed by atoms with Crippen LogP contribution in [0, 0.1) is 6.92 Å². The van der Waals surface area contributed by atoms with Gasteiger partial charge in [0.15, 0.2) is 0 Å². The maximum absolute atomic E-state index is 13.0. The van der Waals surface area contributed by atoms with Gasteiger partial charge in [0.2, 0.25) is 5.91 Å². The second kappa shape index (κ2) is 6.83. The Labute approximate surface area is 127 Å². The Bertz CT molecular complexity index is 546. The van der Waals surface area contributed by atoms with Gasteiger partial charge in [-0.15, -0.1) is 0 Å². The number of amides is 2. The molecule has 0 aromatic heterocycles. The SMILES string of the molecule is Cc1ccc(C(=O)NCCNC(=O)C2CC(F)(F)CN2)cc1. The molecular weight excluding hydrogens is 292 g/mol. The van der Waals surface area contributed by atoms with E-state index in [0.717, 1.165) is 5.56 Å². The molecule has 2 rings (SSSR count). The van der Waals surface area contributed by atoms with E-state index < -0.39 is 30.8 Å². The number of hydrogen-bond acceptors (Lipinski definition) is 3. The van der Waals surface area contributed by atoms with Crippen molar-refractivity contribution >= 4 is 11.8 Å². The van der Waals surface area contributed by atoms with Crippen LogP contribution in [0.3, 0.4) is 0 Å². The molecular formula is C15H19F2N3O2. The van der Waals surface area contributed by atoms with Crippen LogP contribution >= 0.6 is 0 Å². The fourth-order valence-electron chi connectivity index (χ4n) is 2.19. The maximum Gasteiger partial charge on any atom is 0.262 e. The summed E-state index contributed by atoms with van der Waals surface area (Å²) in [6, 6.07) is 6.23. The van der Waals surface area contributed by atoms with Crippen molar-refractivity contribution in [2.75, 3.05) is 19.6 Å². The zero-order valence-corrected chi connectivity index (χ0v) is 12.3. The lowest BCUT2D eigenvalue weighted by molar-refractivity contribution is -0.123. The second-order valence-electron chi connectivity index (χ2n) is 5.41. The van der Waals surface area contributed by atoms with Gasteiger partial charge in [0.1, 0.15) is 0 Å². The summed E-state index contributed by atoms with van der Waals surface area (Å²) in [6.45, 7) is 1.88. The van der Waals surface area contributed by atoms with Crippen molar-refractivity contribution in [2.45, 2.75) is 25.3 Å². The molecule has 0 radical (unpaired) electrons. The van der Waals surface area contributed by atoms with Gasteiger partial charge in [-0.3, -0.25) is 14.9 Å². The van der Waals surface area contributed by atoms with Gasteiger partial charge in [-0.05, 0) is 19.1 Å². The molecule has 1 saturated heterocycles. The third-order valence-corrected chi connectivity index (χ3v) is 3.45. The largest absolute Gasteiger partial charge is 0.353 e. The lowest BCUT2D eigenvalue weighted by atomic mass is 10.1. The van der Waals surface area contributed by atoms with Crippen molar-refractivity contribution in [1.29, 1.82) is 0 Å². The van der Waals surface area contributed by atoms with E-state index in [9.17, 15) is 18.4 Å². The molecule has 1 aliphatic heterocycles. The quantitative estimate of drug-likeness (QED) is 0.706. The second-order valence-corrected chi connectivity index (χ2v) is 5.41. The van der Waals surface area contributed by atoms with Gasteiger partial charge in [-0.1, -0.05) is 17.7 Å². The lowest BCUT2D eigenvalue weighted by Crippen LogP contribution is -2.43. The molecule has 2 amide bonds. The van der Waals surface area contributed by atoms with Crippen LogP contribution in [0.15, 0.2) is 24.3 Å². The Kier molecular flexibility index (Phi) is 5.07. The fourth-order valence-corrected chi connectivity index (χ4v) is 2.19. The Hall–Kier alpha value is -2.02. The summed E-state index contributed by atoms with van der Waals surface area (Å²) in [5, 5.41) is 7.67. The van der Waals surface area contributed by atoms with Gasteiger partial charge < -0.3 is 10.6 Å². The van der Waals surface area contributed by atoms with E-state index in [4.69, 9.17) is 0 Å². The van der Waals surface area contributed by atoms with E-state index in [2.05, 4.69) is 16.0 Å². The summed E-state index contributed by atoms with van der Waals surface area (Å²) in [4.78, 5) is 23.5. The third-order valence-electron chi connectivity index (χ3n) is 3.45. The van der Waals surface area contributed by atoms with Crippen LogP contribution in [0.2, 0.25) is 0 Å². The van der Waals surface area contributed by atoms with E-state index >= 15 is 0 Å². The first-order chi connectivity index (χ1) is 10.4. The first-order valence-corrected chi connectivity index (χ1v) is 7.11. The Morgan fingerprint density at radius 1 is 1.23 bits per heavy atom. The average Bonchev–Trinajstić information content (AvgIpc) is 2.84. The van der Waals surface area contributed by atoms with Crippen molar-refractivity contribution in [2.24, 2.45) is 0 Å². The number of benzene rings is 1. The Morgan fingerprint density at radius 3 is 2.45 bits per heavy atom. The summed E-state index contributed by atoms with van der Waals surface area (Å²) in [6.07, 6.45) is -0.492. The average molecular weight is 311 g/mol. The minimum absolute atomic E-state index is 0.195. The first-order valence-electron chi connectivity index (χ1n) is 7.11. The zero-order chi connectivity index (χ0) is 16.2. The van der Waals surface area contributed by atoms with Crippen LogP contribution < -0.4 is 16.0 Å². The lowest BCUT2D eigenvalue weighted by Gasteiger charge is -2.11. The van der Waals surface area contributed by atoms with Crippen molar-refractivity contribution < 1.29 is 18.4 Å². The minimum Gasteiger partial charge on any atom is -0.353 e. The molecule has 1 aromatic carbocycles. The molecule has 1 aromatic rings. The number of alkyl halides is 2. The molecule has 1 atom stereocenters. The molecule has 5 nitrogen and oxygen atoms in total. The van der Waals surface area contributed by atoms with E-state index in [-0.39, 0.29) is 19.0 Å². The zero-order valence-electron chi connectivity index (χ0n) is 12.3. The smallest absolute Gasteiger partial charge is 0.262 e. The molecule has 0 bridgehead atoms. The highest BCUT2D eigenvalue weighted by atomic mass is 19.3. The molecule has 120 valence electrons. The van der Waals surface area contributed by atoms with Gasteiger partial charge in [0.25, 0.3) is 11.8 Å². The van der Waals surface area contributed by atoms with Gasteiger partial charge in [-0.25, -0.2) is 8.78 Å². The molecule has 1 fully saturated rings. The molecule has 7 heteroatoms. The normalized spacial score (nSPS) is 19.7. The Balaban J connectivity index is 1.68. The summed E-state index contributed by atoms with van der Waals surface area (Å²) in [7, 11) is 0. The van der Waals surface area contributed by atoms with Crippen molar-refractivity contribution in [1.82, 2.24) is 16.0 Å². The van der Waals surface area contributed by atoms with Gasteiger partial charge in [-0.2, -0.15) is 0 Å². The molecule has 0 spiro atoms. The van der Waals surface area contributed by atoms with Gasteiger partial charge in [0, 0.05) is 25.1 Å². The molecule has 22 heavy (non-hydrogen) atoms. The number of halogens is 2. The minimum atomic E-state index is -2.83. The maximum atomic E-state index is 13.0. The van der Waals surface area contributed by atoms with E-state index in [1.807, 2.05) is 19.1 Å². The standard InChI is InChI=1S/C15H19F2N3O2/c1-10-2-4-11(5-3-10)13(21)18-6-7-19-14(22)12-8-15(16,17)9-20-12/h2-5,12,20H,6-9H2,1H3,(H,18,21)(H,19,22). The predicted octanol–water partition coefficient (Wildman–Crippen LogP) is 0.838. The highest BCUT2D eigenvalue weighted by Gasteiger charge is 2.42. The predicted molar refractivity (Wildman–Crippen MR) is 77.9 cm³/mol. The highest BCUT2D eigenvalue weighted by molar-refractivity contribution is 5.94. The van der Waals surface area contributed by atoms with Crippen LogP contribution in [0.1, 0.15) is 22.3 Å². The van der Waals surface area contributed by atoms with Crippen LogP contribution in [-0.2, 0) is 4.79 Å². The van der Waals surface area contributed by atoms with Crippen LogP contribution in [0.5, 0.6) is 0 Å². The molecule has 3 N–H and O–H groups in total. The highest BCUT2D eigenvalue weighted by Crippen LogP contribution is 2.24. The van der Waals surface area contributed by atoms with Crippen LogP contribution in [0.4, 0.5) is 8.78 Å². The molecule has 0 saturated carbocycles. The first kappa shape index (κ1) is 16.4. The molecule has 0 aliphatic carbocycles. The number of carbonyl (C=O) groups is 2. The monoisotopic (exact) mass is 311 g/mol. The summed E-state index contributed by atoms with van der Waals surface area (Å²) in [5.74, 6) is -3.54. The number of hydrogen-bond donors (Lipinski definition) is 3. The van der Waals surface area contributed by atoms with Gasteiger partial charge in [0.05, 0.1) is 12.6 Å². The number of rotatable bonds is 5. The van der Waals surface area contributed by atoms with Crippen LogP contribution in [-0.4, -0.2) is 43.4 Å². The fraction of sp³-hybridized carbons (Fsp3) is 0.467. The van der Waals surface area contributed by atoms with Crippen molar-refractivity contribution in [3.8, 4) is 0 Å². The van der Waals surface area contributed by atoms with Crippen LogP contribution in [0.25, 0.3) is 0 Å². The molecule has 1 aliphatic rings. The van der Waals surface area contributed by atoms with E-state index in [0.29, 0.717) is 5.56 Å². The summed E-state index contributed by atoms with van der Waals surface area (Å²) in [5.41, 5.74) is 1.60. The molecule has 1 unspecified atom stereocenters. The number of aryl methyl sites for hydroxylation is 1. The molecule has 1 heterocycles. The number of nitrogens with one attached hydrogen (secondary N) is 3. The van der Waals surface area contributed by atoms with Gasteiger partial charge >= 0.3 is 0 Å². The third kappa shape index (κ3) is 4.49.